The second-order valence-electron chi connectivity index (χ2n) is 3.96. The average Bonchev–Trinajstić information content (AvgIpc) is 2.83. The maximum atomic E-state index is 10.7. The van der Waals surface area contributed by atoms with Crippen LogP contribution in [0.15, 0.2) is 34.9 Å². The van der Waals surface area contributed by atoms with Crippen molar-refractivity contribution in [2.75, 3.05) is 5.43 Å². The number of aryl methyl sites for hydroxylation is 1. The molecule has 0 amide bonds. The van der Waals surface area contributed by atoms with Gasteiger partial charge in [0, 0.05) is 0 Å². The molecule has 5 nitrogen and oxygen atoms in total. The van der Waals surface area contributed by atoms with Crippen LogP contribution in [0.1, 0.15) is 27.9 Å². The molecule has 6 heteroatoms. The number of nitrogens with one attached hydrogen (secondary N) is 1. The third-order valence-corrected chi connectivity index (χ3v) is 3.60. The molecule has 0 saturated carbocycles. The lowest BCUT2D eigenvalue weighted by Crippen LogP contribution is -2.00. The van der Waals surface area contributed by atoms with Crippen molar-refractivity contribution in [2.45, 2.75) is 13.8 Å². The van der Waals surface area contributed by atoms with E-state index < -0.39 is 5.97 Å². The van der Waals surface area contributed by atoms with Gasteiger partial charge in [-0.15, -0.1) is 11.3 Å². The normalized spacial score (nSPS) is 11.4. The lowest BCUT2D eigenvalue weighted by Gasteiger charge is -2.03. The number of hydrogen-bond donors (Lipinski definition) is 2. The summed E-state index contributed by atoms with van der Waals surface area (Å²) in [6.07, 6.45) is 0. The van der Waals surface area contributed by atoms with Crippen LogP contribution in [0.2, 0.25) is 0 Å². The summed E-state index contributed by atoms with van der Waals surface area (Å²) in [6.45, 7) is 3.84. The van der Waals surface area contributed by atoms with Gasteiger partial charge in [0.15, 0.2) is 0 Å². The van der Waals surface area contributed by atoms with Gasteiger partial charge in [-0.2, -0.15) is 5.10 Å². The predicted octanol–water partition coefficient (Wildman–Crippen LogP) is 2.99. The fourth-order valence-electron chi connectivity index (χ4n) is 1.54. The van der Waals surface area contributed by atoms with E-state index >= 15 is 0 Å². The molecule has 1 heterocycles. The molecule has 98 valence electrons. The zero-order chi connectivity index (χ0) is 13.8. The standard InChI is InChI=1S/C13H13N3O2S/c1-8-12(19-7-14-8)9(2)15-16-11-5-3-10(4-6-11)13(17)18/h3-7,16H,1-2H3,(H,17,18)/b15-9+. The summed E-state index contributed by atoms with van der Waals surface area (Å²) in [5.41, 5.74) is 7.48. The van der Waals surface area contributed by atoms with Gasteiger partial charge in [-0.25, -0.2) is 9.78 Å². The van der Waals surface area contributed by atoms with Gasteiger partial charge >= 0.3 is 5.97 Å². The highest BCUT2D eigenvalue weighted by atomic mass is 32.1. The van der Waals surface area contributed by atoms with Crippen molar-refractivity contribution in [3.8, 4) is 0 Å². The minimum atomic E-state index is -0.938. The smallest absolute Gasteiger partial charge is 0.335 e. The number of aromatic nitrogens is 1. The zero-order valence-electron chi connectivity index (χ0n) is 10.5. The molecule has 1 aromatic heterocycles. The van der Waals surface area contributed by atoms with Crippen molar-refractivity contribution >= 4 is 28.7 Å². The Labute approximate surface area is 114 Å². The second kappa shape index (κ2) is 5.62. The molecule has 0 aliphatic heterocycles. The third-order valence-electron chi connectivity index (χ3n) is 2.56. The maximum absolute atomic E-state index is 10.7. The summed E-state index contributed by atoms with van der Waals surface area (Å²) in [5.74, 6) is -0.938. The van der Waals surface area contributed by atoms with Gasteiger partial charge in [-0.1, -0.05) is 0 Å². The minimum Gasteiger partial charge on any atom is -0.478 e. The molecule has 0 atom stereocenters. The number of carboxylic acid groups (broad SMARTS) is 1. The molecular weight excluding hydrogens is 262 g/mol. The number of nitrogens with zero attached hydrogens (tertiary/aromatic N) is 2. The summed E-state index contributed by atoms with van der Waals surface area (Å²) in [7, 11) is 0. The number of aromatic carboxylic acids is 1. The summed E-state index contributed by atoms with van der Waals surface area (Å²) >= 11 is 1.54. The van der Waals surface area contributed by atoms with Gasteiger partial charge in [-0.3, -0.25) is 5.43 Å². The first-order valence-corrected chi connectivity index (χ1v) is 6.50. The van der Waals surface area contributed by atoms with E-state index in [4.69, 9.17) is 5.11 Å². The Hall–Kier alpha value is -2.21. The largest absolute Gasteiger partial charge is 0.478 e. The van der Waals surface area contributed by atoms with Crippen LogP contribution < -0.4 is 5.43 Å². The molecule has 2 N–H and O–H groups in total. The number of thiazole rings is 1. The predicted molar refractivity (Wildman–Crippen MR) is 76.1 cm³/mol. The number of hydrogen-bond acceptors (Lipinski definition) is 5. The molecule has 0 unspecified atom stereocenters. The topological polar surface area (TPSA) is 74.6 Å². The average molecular weight is 275 g/mol. The Kier molecular flexibility index (Phi) is 3.91. The van der Waals surface area contributed by atoms with Gasteiger partial charge in [0.2, 0.25) is 0 Å². The van der Waals surface area contributed by atoms with Crippen molar-refractivity contribution in [1.29, 1.82) is 0 Å². The highest BCUT2D eigenvalue weighted by molar-refractivity contribution is 7.12. The summed E-state index contributed by atoms with van der Waals surface area (Å²) in [6, 6.07) is 6.43. The van der Waals surface area contributed by atoms with Crippen molar-refractivity contribution < 1.29 is 9.90 Å². The summed E-state index contributed by atoms with van der Waals surface area (Å²) in [5, 5.41) is 13.1. The van der Waals surface area contributed by atoms with Crippen LogP contribution in [0.3, 0.4) is 0 Å². The van der Waals surface area contributed by atoms with Gasteiger partial charge in [0.25, 0.3) is 0 Å². The van der Waals surface area contributed by atoms with Crippen molar-refractivity contribution in [3.05, 3.63) is 45.9 Å². The Morgan fingerprint density at radius 2 is 2.05 bits per heavy atom. The number of rotatable bonds is 4. The lowest BCUT2D eigenvalue weighted by atomic mass is 10.2. The molecule has 0 bridgehead atoms. The highest BCUT2D eigenvalue weighted by Gasteiger charge is 2.05. The number of benzene rings is 1. The fourth-order valence-corrected chi connectivity index (χ4v) is 2.29. The Morgan fingerprint density at radius 1 is 1.37 bits per heavy atom. The molecule has 0 fully saturated rings. The fraction of sp³-hybridized carbons (Fsp3) is 0.154. The molecular formula is C13H13N3O2S. The van der Waals surface area contributed by atoms with Gasteiger partial charge < -0.3 is 5.11 Å². The molecule has 19 heavy (non-hydrogen) atoms. The van der Waals surface area contributed by atoms with Crippen LogP contribution in [0.5, 0.6) is 0 Å². The van der Waals surface area contributed by atoms with Crippen LogP contribution in [0.4, 0.5) is 5.69 Å². The first kappa shape index (κ1) is 13.2. The quantitative estimate of drug-likeness (QED) is 0.664. The van der Waals surface area contributed by atoms with Gasteiger partial charge in [0.05, 0.1) is 33.0 Å². The number of carboxylic acids is 1. The van der Waals surface area contributed by atoms with E-state index in [2.05, 4.69) is 15.5 Å². The second-order valence-corrected chi connectivity index (χ2v) is 4.81. The van der Waals surface area contributed by atoms with E-state index in [1.165, 1.54) is 23.5 Å². The first-order valence-electron chi connectivity index (χ1n) is 5.62. The van der Waals surface area contributed by atoms with E-state index in [0.29, 0.717) is 0 Å². The van der Waals surface area contributed by atoms with Crippen molar-refractivity contribution in [2.24, 2.45) is 5.10 Å². The maximum Gasteiger partial charge on any atom is 0.335 e. The number of carbonyl (C=O) groups is 1. The number of anilines is 1. The monoisotopic (exact) mass is 275 g/mol. The molecule has 2 rings (SSSR count). The van der Waals surface area contributed by atoms with Crippen LogP contribution in [-0.4, -0.2) is 21.8 Å². The van der Waals surface area contributed by atoms with Crippen LogP contribution in [0, 0.1) is 6.92 Å². The highest BCUT2D eigenvalue weighted by Crippen LogP contribution is 2.14. The Bertz CT molecular complexity index is 617. The Balaban J connectivity index is 2.10. The molecule has 2 aromatic rings. The SMILES string of the molecule is C/C(=N\Nc1ccc(C(=O)O)cc1)c1scnc1C. The van der Waals surface area contributed by atoms with Crippen LogP contribution >= 0.6 is 11.3 Å². The van der Waals surface area contributed by atoms with Gasteiger partial charge in [0.1, 0.15) is 0 Å². The van der Waals surface area contributed by atoms with Gasteiger partial charge in [-0.05, 0) is 38.1 Å². The van der Waals surface area contributed by atoms with E-state index in [-0.39, 0.29) is 5.56 Å². The lowest BCUT2D eigenvalue weighted by molar-refractivity contribution is 0.0697. The van der Waals surface area contributed by atoms with E-state index in [1.807, 2.05) is 13.8 Å². The molecule has 0 spiro atoms. The molecule has 0 saturated heterocycles. The Morgan fingerprint density at radius 3 is 2.58 bits per heavy atom. The summed E-state index contributed by atoms with van der Waals surface area (Å²) in [4.78, 5) is 15.9. The van der Waals surface area contributed by atoms with E-state index in [1.54, 1.807) is 17.6 Å². The third kappa shape index (κ3) is 3.17. The van der Waals surface area contributed by atoms with Crippen LogP contribution in [0.25, 0.3) is 0 Å². The van der Waals surface area contributed by atoms with E-state index in [0.717, 1.165) is 22.0 Å². The van der Waals surface area contributed by atoms with E-state index in [9.17, 15) is 4.79 Å². The van der Waals surface area contributed by atoms with Crippen molar-refractivity contribution in [1.82, 2.24) is 4.98 Å². The van der Waals surface area contributed by atoms with Crippen LogP contribution in [-0.2, 0) is 0 Å². The number of hydrazone groups is 1. The molecule has 1 aromatic carbocycles. The molecule has 0 aliphatic rings. The van der Waals surface area contributed by atoms with Crippen molar-refractivity contribution in [3.63, 3.8) is 0 Å². The molecule has 0 aliphatic carbocycles. The zero-order valence-corrected chi connectivity index (χ0v) is 11.4. The molecule has 0 radical (unpaired) electrons. The summed E-state index contributed by atoms with van der Waals surface area (Å²) < 4.78 is 0. The minimum absolute atomic E-state index is 0.254. The first-order chi connectivity index (χ1) is 9.08.